The van der Waals surface area contributed by atoms with Crippen molar-refractivity contribution in [3.63, 3.8) is 0 Å². The predicted molar refractivity (Wildman–Crippen MR) is 83.4 cm³/mol. The van der Waals surface area contributed by atoms with E-state index in [1.807, 2.05) is 12.1 Å². The number of rotatable bonds is 3. The molecule has 4 atom stereocenters. The van der Waals surface area contributed by atoms with Crippen molar-refractivity contribution in [2.45, 2.75) is 25.4 Å². The maximum absolute atomic E-state index is 11.1. The molecule has 116 valence electrons. The summed E-state index contributed by atoms with van der Waals surface area (Å²) in [4.78, 5) is 11.0. The van der Waals surface area contributed by atoms with E-state index in [2.05, 4.69) is 15.5 Å². The summed E-state index contributed by atoms with van der Waals surface area (Å²) in [6.45, 7) is 2.26. The van der Waals surface area contributed by atoms with Gasteiger partial charge in [-0.2, -0.15) is 5.10 Å². The molecule has 2 aromatic rings. The number of hydrogen-bond donors (Lipinski definition) is 3. The Balaban J connectivity index is 1.57. The molecule has 0 unspecified atom stereocenters. The van der Waals surface area contributed by atoms with Gasteiger partial charge in [-0.1, -0.05) is 11.6 Å². The summed E-state index contributed by atoms with van der Waals surface area (Å²) in [7, 11) is 0. The number of aliphatic hydroxyl groups is 1. The Morgan fingerprint density at radius 3 is 2.91 bits per heavy atom. The van der Waals surface area contributed by atoms with Crippen molar-refractivity contribution >= 4 is 28.4 Å². The lowest BCUT2D eigenvalue weighted by atomic mass is 9.85. The van der Waals surface area contributed by atoms with Crippen LogP contribution in [-0.2, 0) is 10.4 Å². The first-order valence-corrected chi connectivity index (χ1v) is 7.96. The van der Waals surface area contributed by atoms with E-state index < -0.39 is 5.60 Å². The third-order valence-corrected chi connectivity index (χ3v) is 5.49. The van der Waals surface area contributed by atoms with Crippen molar-refractivity contribution in [2.24, 2.45) is 17.8 Å². The van der Waals surface area contributed by atoms with Crippen LogP contribution in [-0.4, -0.2) is 27.8 Å². The van der Waals surface area contributed by atoms with Gasteiger partial charge >= 0.3 is 0 Å². The second-order valence-electron chi connectivity index (χ2n) is 6.65. The van der Waals surface area contributed by atoms with Crippen LogP contribution in [0, 0.1) is 17.8 Å². The summed E-state index contributed by atoms with van der Waals surface area (Å²) in [6.07, 6.45) is 3.20. The van der Waals surface area contributed by atoms with E-state index in [1.165, 1.54) is 6.92 Å². The molecule has 3 N–H and O–H groups in total. The Hall–Kier alpha value is -1.59. The van der Waals surface area contributed by atoms with Crippen LogP contribution >= 0.6 is 11.6 Å². The Kier molecular flexibility index (Phi) is 3.00. The number of aromatic nitrogens is 2. The van der Waals surface area contributed by atoms with Crippen LogP contribution in [0.15, 0.2) is 18.3 Å². The normalized spacial score (nSPS) is 33.0. The molecular weight excluding hydrogens is 302 g/mol. The van der Waals surface area contributed by atoms with Crippen LogP contribution in [0.3, 0.4) is 0 Å². The zero-order valence-electron chi connectivity index (χ0n) is 12.3. The van der Waals surface area contributed by atoms with Crippen molar-refractivity contribution in [1.82, 2.24) is 15.5 Å². The number of carbonyl (C=O) groups excluding carboxylic acids is 1. The van der Waals surface area contributed by atoms with Gasteiger partial charge in [0.2, 0.25) is 5.91 Å². The maximum Gasteiger partial charge on any atom is 0.216 e. The molecule has 1 amide bonds. The summed E-state index contributed by atoms with van der Waals surface area (Å²) in [5.41, 5.74) is 0.884. The lowest BCUT2D eigenvalue weighted by Gasteiger charge is -2.27. The fourth-order valence-electron chi connectivity index (χ4n) is 4.18. The minimum atomic E-state index is -0.838. The van der Waals surface area contributed by atoms with E-state index in [0.717, 1.165) is 35.9 Å². The van der Waals surface area contributed by atoms with Crippen molar-refractivity contribution in [1.29, 1.82) is 0 Å². The number of nitrogens with zero attached hydrogens (tertiary/aromatic N) is 1. The molecule has 5 nitrogen and oxygen atoms in total. The molecule has 1 heterocycles. The van der Waals surface area contributed by atoms with Crippen LogP contribution in [0.4, 0.5) is 0 Å². The Labute approximate surface area is 133 Å². The quantitative estimate of drug-likeness (QED) is 0.811. The highest BCUT2D eigenvalue weighted by molar-refractivity contribution is 6.31. The largest absolute Gasteiger partial charge is 0.385 e. The third-order valence-electron chi connectivity index (χ3n) is 5.27. The summed E-state index contributed by atoms with van der Waals surface area (Å²) in [5, 5.41) is 22.5. The van der Waals surface area contributed by atoms with Crippen LogP contribution in [0.25, 0.3) is 10.9 Å². The summed E-state index contributed by atoms with van der Waals surface area (Å²) >= 11 is 6.18. The number of halogens is 1. The smallest absolute Gasteiger partial charge is 0.216 e. The number of carbonyl (C=O) groups is 1. The molecule has 6 heteroatoms. The van der Waals surface area contributed by atoms with Gasteiger partial charge in [-0.25, -0.2) is 0 Å². The second kappa shape index (κ2) is 4.70. The first-order chi connectivity index (χ1) is 10.5. The minimum absolute atomic E-state index is 0.00943. The summed E-state index contributed by atoms with van der Waals surface area (Å²) in [6, 6.07) is 3.68. The Morgan fingerprint density at radius 2 is 2.23 bits per heavy atom. The van der Waals surface area contributed by atoms with E-state index in [4.69, 9.17) is 11.6 Å². The number of aromatic amines is 1. The van der Waals surface area contributed by atoms with Crippen LogP contribution in [0.5, 0.6) is 0 Å². The van der Waals surface area contributed by atoms with E-state index >= 15 is 0 Å². The van der Waals surface area contributed by atoms with E-state index in [9.17, 15) is 9.90 Å². The number of nitrogens with one attached hydrogen (secondary N) is 2. The molecular formula is C16H18ClN3O2. The van der Waals surface area contributed by atoms with Gasteiger partial charge in [0.05, 0.1) is 17.3 Å². The molecule has 2 saturated carbocycles. The van der Waals surface area contributed by atoms with E-state index in [-0.39, 0.29) is 5.91 Å². The topological polar surface area (TPSA) is 78.0 Å². The standard InChI is InChI=1S/C16H18ClN3O2/c1-8(21)18-6-12-10-4-16(22,5-11(10)12)14-2-9(17)3-15-13(14)7-19-20-15/h2-3,7,10-12,22H,4-6H2,1H3,(H,18,21)(H,19,20)/t10-,11+,12-,16-. The lowest BCUT2D eigenvalue weighted by molar-refractivity contribution is -0.119. The van der Waals surface area contributed by atoms with Crippen molar-refractivity contribution < 1.29 is 9.90 Å². The van der Waals surface area contributed by atoms with Gasteiger partial charge in [-0.3, -0.25) is 9.89 Å². The van der Waals surface area contributed by atoms with Gasteiger partial charge in [-0.15, -0.1) is 0 Å². The highest BCUT2D eigenvalue weighted by atomic mass is 35.5. The fraction of sp³-hybridized carbons (Fsp3) is 0.500. The molecule has 0 spiro atoms. The highest BCUT2D eigenvalue weighted by Gasteiger charge is 2.61. The molecule has 2 aliphatic carbocycles. The minimum Gasteiger partial charge on any atom is -0.385 e. The molecule has 1 aromatic heterocycles. The molecule has 2 fully saturated rings. The number of hydrogen-bond acceptors (Lipinski definition) is 3. The predicted octanol–water partition coefficient (Wildman–Crippen LogP) is 2.20. The lowest BCUT2D eigenvalue weighted by Crippen LogP contribution is -2.28. The molecule has 0 saturated heterocycles. The number of amides is 1. The molecule has 1 aromatic carbocycles. The number of benzene rings is 1. The molecule has 0 bridgehead atoms. The van der Waals surface area contributed by atoms with Gasteiger partial charge in [0, 0.05) is 23.9 Å². The molecule has 2 aliphatic rings. The molecule has 22 heavy (non-hydrogen) atoms. The van der Waals surface area contributed by atoms with E-state index in [0.29, 0.717) is 22.8 Å². The van der Waals surface area contributed by atoms with Crippen molar-refractivity contribution in [3.05, 3.63) is 28.9 Å². The van der Waals surface area contributed by atoms with Crippen molar-refractivity contribution in [2.75, 3.05) is 6.54 Å². The first-order valence-electron chi connectivity index (χ1n) is 7.58. The highest BCUT2D eigenvalue weighted by Crippen LogP contribution is 2.63. The second-order valence-corrected chi connectivity index (χ2v) is 7.09. The molecule has 0 aliphatic heterocycles. The van der Waals surface area contributed by atoms with Gasteiger partial charge in [-0.05, 0) is 48.3 Å². The zero-order chi connectivity index (χ0) is 15.5. The van der Waals surface area contributed by atoms with Crippen LogP contribution in [0.2, 0.25) is 5.02 Å². The maximum atomic E-state index is 11.1. The average molecular weight is 320 g/mol. The Morgan fingerprint density at radius 1 is 1.50 bits per heavy atom. The molecule has 4 rings (SSSR count). The first kappa shape index (κ1) is 14.0. The van der Waals surface area contributed by atoms with E-state index in [1.54, 1.807) is 6.20 Å². The monoisotopic (exact) mass is 319 g/mol. The van der Waals surface area contributed by atoms with Gasteiger partial charge in [0.25, 0.3) is 0 Å². The number of fused-ring (bicyclic) bond motifs is 2. The Bertz CT molecular complexity index is 745. The third kappa shape index (κ3) is 2.11. The summed E-state index contributed by atoms with van der Waals surface area (Å²) < 4.78 is 0. The van der Waals surface area contributed by atoms with Gasteiger partial charge < -0.3 is 10.4 Å². The number of H-pyrrole nitrogens is 1. The summed E-state index contributed by atoms with van der Waals surface area (Å²) in [5.74, 6) is 1.48. The molecule has 0 radical (unpaired) electrons. The van der Waals surface area contributed by atoms with Gasteiger partial charge in [0.1, 0.15) is 0 Å². The van der Waals surface area contributed by atoms with Crippen LogP contribution in [0.1, 0.15) is 25.3 Å². The van der Waals surface area contributed by atoms with Crippen LogP contribution < -0.4 is 5.32 Å². The average Bonchev–Trinajstić information content (AvgIpc) is 2.81. The zero-order valence-corrected chi connectivity index (χ0v) is 13.0. The fourth-order valence-corrected chi connectivity index (χ4v) is 4.40. The van der Waals surface area contributed by atoms with Crippen molar-refractivity contribution in [3.8, 4) is 0 Å². The SMILES string of the molecule is CC(=O)NC[C@H]1[C@H]2C[C@@](O)(c3cc(Cl)cc4[nH]ncc34)C[C@@H]12. The van der Waals surface area contributed by atoms with Gasteiger partial charge in [0.15, 0.2) is 0 Å².